The molecule has 1 aromatic heterocycles. The van der Waals surface area contributed by atoms with Crippen LogP contribution in [0, 0.1) is 12.8 Å². The van der Waals surface area contributed by atoms with E-state index in [1.807, 2.05) is 13.8 Å². The Bertz CT molecular complexity index is 439. The molecule has 5 heteroatoms. The summed E-state index contributed by atoms with van der Waals surface area (Å²) in [4.78, 5) is 8.70. The molecule has 4 nitrogen and oxygen atoms in total. The van der Waals surface area contributed by atoms with Gasteiger partial charge in [0.05, 0.1) is 6.10 Å². The van der Waals surface area contributed by atoms with Crippen molar-refractivity contribution in [2.45, 2.75) is 52.1 Å². The van der Waals surface area contributed by atoms with E-state index < -0.39 is 0 Å². The maximum Gasteiger partial charge on any atom is 0.137 e. The normalized spacial score (nSPS) is 23.4. The van der Waals surface area contributed by atoms with Crippen molar-refractivity contribution in [1.29, 1.82) is 0 Å². The van der Waals surface area contributed by atoms with Gasteiger partial charge in [0.25, 0.3) is 0 Å². The highest BCUT2D eigenvalue weighted by atomic mass is 35.5. The zero-order chi connectivity index (χ0) is 13.8. The van der Waals surface area contributed by atoms with Crippen LogP contribution in [0.3, 0.4) is 0 Å². The standard InChI is InChI=1S/C14H22ClN3O/c1-3-12-17-13(15)9(2)14(18-12)16-8-10-6-4-5-7-11(10)19/h10-11,19H,3-8H2,1-2H3,(H,16,17,18). The first-order valence-electron chi connectivity index (χ1n) is 7.06. The van der Waals surface area contributed by atoms with Crippen molar-refractivity contribution < 1.29 is 5.11 Å². The molecule has 0 amide bonds. The number of hydrogen-bond acceptors (Lipinski definition) is 4. The largest absolute Gasteiger partial charge is 0.393 e. The van der Waals surface area contributed by atoms with Crippen LogP contribution in [0.1, 0.15) is 44.0 Å². The van der Waals surface area contributed by atoms with Crippen LogP contribution in [0.25, 0.3) is 0 Å². The molecule has 1 saturated carbocycles. The fraction of sp³-hybridized carbons (Fsp3) is 0.714. The van der Waals surface area contributed by atoms with Gasteiger partial charge in [-0.1, -0.05) is 31.4 Å². The molecule has 0 aliphatic heterocycles. The Kier molecular flexibility index (Phi) is 4.99. The van der Waals surface area contributed by atoms with Crippen LogP contribution >= 0.6 is 11.6 Å². The van der Waals surface area contributed by atoms with Crippen molar-refractivity contribution >= 4 is 17.4 Å². The lowest BCUT2D eigenvalue weighted by Gasteiger charge is -2.28. The maximum absolute atomic E-state index is 9.97. The number of anilines is 1. The van der Waals surface area contributed by atoms with E-state index in [9.17, 15) is 5.11 Å². The lowest BCUT2D eigenvalue weighted by Crippen LogP contribution is -2.30. The summed E-state index contributed by atoms with van der Waals surface area (Å²) >= 11 is 6.11. The molecule has 2 atom stereocenters. The highest BCUT2D eigenvalue weighted by Crippen LogP contribution is 2.26. The smallest absolute Gasteiger partial charge is 0.137 e. The quantitative estimate of drug-likeness (QED) is 0.834. The summed E-state index contributed by atoms with van der Waals surface area (Å²) < 4.78 is 0. The summed E-state index contributed by atoms with van der Waals surface area (Å²) in [6.07, 6.45) is 4.90. The number of nitrogens with zero attached hydrogens (tertiary/aromatic N) is 2. The third-order valence-electron chi connectivity index (χ3n) is 3.85. The Balaban J connectivity index is 2.04. The molecule has 2 rings (SSSR count). The Hall–Kier alpha value is -0.870. The first kappa shape index (κ1) is 14.5. The SMILES string of the molecule is CCc1nc(Cl)c(C)c(NCC2CCCCC2O)n1. The monoisotopic (exact) mass is 283 g/mol. The molecule has 1 aliphatic carbocycles. The second-order valence-corrected chi connectivity index (χ2v) is 5.61. The Morgan fingerprint density at radius 1 is 1.32 bits per heavy atom. The van der Waals surface area contributed by atoms with Crippen molar-refractivity contribution in [3.63, 3.8) is 0 Å². The van der Waals surface area contributed by atoms with Crippen molar-refractivity contribution in [3.8, 4) is 0 Å². The molecule has 0 saturated heterocycles. The molecule has 1 heterocycles. The Morgan fingerprint density at radius 3 is 2.74 bits per heavy atom. The number of halogens is 1. The van der Waals surface area contributed by atoms with Gasteiger partial charge >= 0.3 is 0 Å². The van der Waals surface area contributed by atoms with E-state index in [0.29, 0.717) is 11.1 Å². The number of hydrogen-bond donors (Lipinski definition) is 2. The number of rotatable bonds is 4. The summed E-state index contributed by atoms with van der Waals surface area (Å²) in [5.41, 5.74) is 0.879. The van der Waals surface area contributed by atoms with Crippen LogP contribution in [0.4, 0.5) is 5.82 Å². The highest BCUT2D eigenvalue weighted by molar-refractivity contribution is 6.30. The summed E-state index contributed by atoms with van der Waals surface area (Å²) in [5, 5.41) is 13.8. The number of aliphatic hydroxyl groups excluding tert-OH is 1. The van der Waals surface area contributed by atoms with Gasteiger partial charge in [0, 0.05) is 24.4 Å². The molecule has 0 spiro atoms. The van der Waals surface area contributed by atoms with E-state index in [2.05, 4.69) is 15.3 Å². The van der Waals surface area contributed by atoms with Crippen molar-refractivity contribution in [1.82, 2.24) is 9.97 Å². The van der Waals surface area contributed by atoms with Gasteiger partial charge in [-0.25, -0.2) is 9.97 Å². The predicted octanol–water partition coefficient (Wildman–Crippen LogP) is 2.96. The Labute approximate surface area is 119 Å². The van der Waals surface area contributed by atoms with E-state index in [0.717, 1.165) is 49.4 Å². The summed E-state index contributed by atoms with van der Waals surface area (Å²) in [6, 6.07) is 0. The van der Waals surface area contributed by atoms with Gasteiger partial charge in [0.15, 0.2) is 0 Å². The summed E-state index contributed by atoms with van der Waals surface area (Å²) in [7, 11) is 0. The van der Waals surface area contributed by atoms with E-state index in [1.165, 1.54) is 6.42 Å². The topological polar surface area (TPSA) is 58.0 Å². The molecule has 1 fully saturated rings. The molecule has 106 valence electrons. The third kappa shape index (κ3) is 3.57. The molecule has 0 radical (unpaired) electrons. The predicted molar refractivity (Wildman–Crippen MR) is 77.6 cm³/mol. The van der Waals surface area contributed by atoms with Crippen molar-refractivity contribution in [3.05, 3.63) is 16.5 Å². The fourth-order valence-electron chi connectivity index (χ4n) is 2.52. The number of aryl methyl sites for hydroxylation is 1. The van der Waals surface area contributed by atoms with Gasteiger partial charge in [-0.05, 0) is 19.8 Å². The zero-order valence-corrected chi connectivity index (χ0v) is 12.4. The summed E-state index contributed by atoms with van der Waals surface area (Å²) in [5.74, 6) is 1.86. The second-order valence-electron chi connectivity index (χ2n) is 5.25. The molecule has 1 aromatic rings. The van der Waals surface area contributed by atoms with Gasteiger partial charge < -0.3 is 10.4 Å². The number of nitrogens with one attached hydrogen (secondary N) is 1. The second kappa shape index (κ2) is 6.53. The first-order chi connectivity index (χ1) is 9.11. The van der Waals surface area contributed by atoms with Crippen LogP contribution in [-0.4, -0.2) is 27.7 Å². The Morgan fingerprint density at radius 2 is 2.05 bits per heavy atom. The van der Waals surface area contributed by atoms with Crippen LogP contribution in [-0.2, 0) is 6.42 Å². The van der Waals surface area contributed by atoms with E-state index >= 15 is 0 Å². The van der Waals surface area contributed by atoms with Crippen LogP contribution in [0.5, 0.6) is 0 Å². The van der Waals surface area contributed by atoms with E-state index in [-0.39, 0.29) is 6.10 Å². The lowest BCUT2D eigenvalue weighted by atomic mass is 9.86. The lowest BCUT2D eigenvalue weighted by molar-refractivity contribution is 0.0763. The average molecular weight is 284 g/mol. The molecule has 2 N–H and O–H groups in total. The van der Waals surface area contributed by atoms with Crippen LogP contribution < -0.4 is 5.32 Å². The minimum Gasteiger partial charge on any atom is -0.393 e. The summed E-state index contributed by atoms with van der Waals surface area (Å²) in [6.45, 7) is 4.68. The molecule has 2 unspecified atom stereocenters. The molecular formula is C14H22ClN3O. The van der Waals surface area contributed by atoms with Crippen LogP contribution in [0.15, 0.2) is 0 Å². The van der Waals surface area contributed by atoms with Gasteiger partial charge in [-0.15, -0.1) is 0 Å². The zero-order valence-electron chi connectivity index (χ0n) is 11.6. The molecule has 1 aliphatic rings. The minimum absolute atomic E-state index is 0.190. The van der Waals surface area contributed by atoms with E-state index in [4.69, 9.17) is 11.6 Å². The van der Waals surface area contributed by atoms with Crippen molar-refractivity contribution in [2.24, 2.45) is 5.92 Å². The van der Waals surface area contributed by atoms with Gasteiger partial charge in [-0.2, -0.15) is 0 Å². The molecule has 0 aromatic carbocycles. The van der Waals surface area contributed by atoms with Gasteiger partial charge in [0.1, 0.15) is 16.8 Å². The molecule has 0 bridgehead atoms. The van der Waals surface area contributed by atoms with E-state index in [1.54, 1.807) is 0 Å². The van der Waals surface area contributed by atoms with Gasteiger partial charge in [0.2, 0.25) is 0 Å². The third-order valence-corrected chi connectivity index (χ3v) is 4.22. The van der Waals surface area contributed by atoms with Crippen LogP contribution in [0.2, 0.25) is 5.15 Å². The van der Waals surface area contributed by atoms with Gasteiger partial charge in [-0.3, -0.25) is 0 Å². The first-order valence-corrected chi connectivity index (χ1v) is 7.44. The van der Waals surface area contributed by atoms with Crippen molar-refractivity contribution in [2.75, 3.05) is 11.9 Å². The minimum atomic E-state index is -0.190. The molecular weight excluding hydrogens is 262 g/mol. The molecule has 19 heavy (non-hydrogen) atoms. The highest BCUT2D eigenvalue weighted by Gasteiger charge is 2.23. The number of aliphatic hydroxyl groups is 1. The average Bonchev–Trinajstić information content (AvgIpc) is 2.42. The maximum atomic E-state index is 9.97. The fourth-order valence-corrected chi connectivity index (χ4v) is 2.70. The number of aromatic nitrogens is 2.